The van der Waals surface area contributed by atoms with Gasteiger partial charge in [0.05, 0.1) is 19.2 Å². The second-order valence-electron chi connectivity index (χ2n) is 8.14. The average molecular weight is 379 g/mol. The molecule has 3 fully saturated rings. The summed E-state index contributed by atoms with van der Waals surface area (Å²) in [5.41, 5.74) is -0.782. The molecule has 3 aliphatic rings. The summed E-state index contributed by atoms with van der Waals surface area (Å²) in [4.78, 5) is 52.4. The molecule has 3 rings (SSSR count). The number of ketones is 1. The van der Waals surface area contributed by atoms with Crippen molar-refractivity contribution in [3.05, 3.63) is 0 Å². The molecule has 1 saturated carbocycles. The predicted octanol–water partition coefficient (Wildman–Crippen LogP) is -0.165. The van der Waals surface area contributed by atoms with E-state index in [-0.39, 0.29) is 30.1 Å². The van der Waals surface area contributed by atoms with Crippen molar-refractivity contribution in [1.82, 2.24) is 15.1 Å². The Morgan fingerprint density at radius 2 is 1.93 bits per heavy atom. The summed E-state index contributed by atoms with van der Waals surface area (Å²) in [7, 11) is 0. The fourth-order valence-corrected chi connectivity index (χ4v) is 4.80. The lowest BCUT2D eigenvalue weighted by Crippen LogP contribution is -2.73. The molecule has 2 N–H and O–H groups in total. The number of β-lactam (4-membered cyclic amide) rings is 1. The van der Waals surface area contributed by atoms with E-state index < -0.39 is 23.6 Å². The Balaban J connectivity index is 1.57. The van der Waals surface area contributed by atoms with Gasteiger partial charge in [0, 0.05) is 19.4 Å². The van der Waals surface area contributed by atoms with Crippen LogP contribution in [0.1, 0.15) is 52.4 Å². The first-order chi connectivity index (χ1) is 12.8. The number of rotatable bonds is 6. The average Bonchev–Trinajstić information content (AvgIpc) is 3.29. The highest BCUT2D eigenvalue weighted by Crippen LogP contribution is 2.38. The van der Waals surface area contributed by atoms with E-state index in [0.717, 1.165) is 32.1 Å². The van der Waals surface area contributed by atoms with Gasteiger partial charge in [0.2, 0.25) is 11.8 Å². The number of likely N-dealkylation sites (tertiary alicyclic amines) is 2. The van der Waals surface area contributed by atoms with Crippen LogP contribution in [0.4, 0.5) is 0 Å². The lowest BCUT2D eigenvalue weighted by Gasteiger charge is -2.50. The highest BCUT2D eigenvalue weighted by Gasteiger charge is 2.59. The molecule has 8 heteroatoms. The number of Topliss-reactive ketones (excluding diaryl/α,β-unsaturated/α-hetero) is 1. The minimum absolute atomic E-state index is 0.110. The molecule has 0 aromatic heterocycles. The van der Waals surface area contributed by atoms with Crippen molar-refractivity contribution in [2.75, 3.05) is 19.6 Å². The number of hydrogen-bond acceptors (Lipinski definition) is 5. The third-order valence-corrected chi connectivity index (χ3v) is 6.20. The van der Waals surface area contributed by atoms with Gasteiger partial charge in [-0.2, -0.15) is 0 Å². The SMILES string of the molecule is CC(=O)N1CCCC12CN(CC(=O)NC(C(=O)C1CCCC1)C(C)O)C2=O. The summed E-state index contributed by atoms with van der Waals surface area (Å²) in [6.45, 7) is 3.70. The van der Waals surface area contributed by atoms with E-state index in [1.807, 2.05) is 0 Å². The summed E-state index contributed by atoms with van der Waals surface area (Å²) < 4.78 is 0. The molecule has 0 bridgehead atoms. The van der Waals surface area contributed by atoms with Crippen LogP contribution in [0, 0.1) is 5.92 Å². The summed E-state index contributed by atoms with van der Waals surface area (Å²) in [5.74, 6) is -1.02. The Morgan fingerprint density at radius 3 is 2.48 bits per heavy atom. The van der Waals surface area contributed by atoms with Gasteiger partial charge in [-0.1, -0.05) is 12.8 Å². The standard InChI is InChI=1S/C19H29N3O5/c1-12(23)16(17(26)14-6-3-4-7-14)20-15(25)10-21-11-19(18(21)27)8-5-9-22(19)13(2)24/h12,14,16,23H,3-11H2,1-2H3,(H,20,25). The monoisotopic (exact) mass is 379 g/mol. The minimum atomic E-state index is -0.983. The summed E-state index contributed by atoms with van der Waals surface area (Å²) >= 11 is 0. The molecule has 8 nitrogen and oxygen atoms in total. The molecule has 0 aromatic rings. The van der Waals surface area contributed by atoms with Gasteiger partial charge in [0.1, 0.15) is 11.6 Å². The maximum Gasteiger partial charge on any atom is 0.250 e. The number of nitrogens with one attached hydrogen (secondary N) is 1. The summed E-state index contributed by atoms with van der Waals surface area (Å²) in [6, 6.07) is -0.939. The Bertz CT molecular complexity index is 643. The van der Waals surface area contributed by atoms with Crippen LogP contribution >= 0.6 is 0 Å². The van der Waals surface area contributed by atoms with Crippen molar-refractivity contribution in [3.63, 3.8) is 0 Å². The van der Waals surface area contributed by atoms with Crippen LogP contribution < -0.4 is 5.32 Å². The van der Waals surface area contributed by atoms with Gasteiger partial charge in [-0.3, -0.25) is 19.2 Å². The van der Waals surface area contributed by atoms with Crippen molar-refractivity contribution >= 4 is 23.5 Å². The fourth-order valence-electron chi connectivity index (χ4n) is 4.80. The van der Waals surface area contributed by atoms with Crippen molar-refractivity contribution < 1.29 is 24.3 Å². The molecule has 3 amide bonds. The number of carbonyl (C=O) groups is 4. The van der Waals surface area contributed by atoms with E-state index in [9.17, 15) is 24.3 Å². The predicted molar refractivity (Wildman–Crippen MR) is 96.5 cm³/mol. The Hall–Kier alpha value is -1.96. The van der Waals surface area contributed by atoms with Gasteiger partial charge in [0.25, 0.3) is 5.91 Å². The van der Waals surface area contributed by atoms with Gasteiger partial charge < -0.3 is 20.2 Å². The van der Waals surface area contributed by atoms with Crippen LogP contribution in [-0.2, 0) is 19.2 Å². The lowest BCUT2D eigenvalue weighted by molar-refractivity contribution is -0.168. The molecule has 150 valence electrons. The number of nitrogens with zero attached hydrogens (tertiary/aromatic N) is 2. The van der Waals surface area contributed by atoms with Crippen molar-refractivity contribution in [1.29, 1.82) is 0 Å². The van der Waals surface area contributed by atoms with Crippen molar-refractivity contribution in [2.45, 2.75) is 70.1 Å². The number of aliphatic hydroxyl groups excluding tert-OH is 1. The zero-order valence-electron chi connectivity index (χ0n) is 16.1. The molecule has 1 aliphatic carbocycles. The molecule has 1 spiro atoms. The molecule has 3 unspecified atom stereocenters. The van der Waals surface area contributed by atoms with Gasteiger partial charge in [-0.05, 0) is 32.6 Å². The Labute approximate surface area is 159 Å². The highest BCUT2D eigenvalue weighted by atomic mass is 16.3. The van der Waals surface area contributed by atoms with E-state index in [2.05, 4.69) is 5.32 Å². The Morgan fingerprint density at radius 1 is 1.26 bits per heavy atom. The molecule has 27 heavy (non-hydrogen) atoms. The summed E-state index contributed by atoms with van der Waals surface area (Å²) in [5, 5.41) is 12.6. The minimum Gasteiger partial charge on any atom is -0.391 e. The topological polar surface area (TPSA) is 107 Å². The largest absolute Gasteiger partial charge is 0.391 e. The molecule has 2 saturated heterocycles. The lowest BCUT2D eigenvalue weighted by atomic mass is 9.85. The first kappa shape index (κ1) is 19.8. The van der Waals surface area contributed by atoms with Crippen molar-refractivity contribution in [3.8, 4) is 0 Å². The third-order valence-electron chi connectivity index (χ3n) is 6.20. The fraction of sp³-hybridized carbons (Fsp3) is 0.789. The van der Waals surface area contributed by atoms with Crippen LogP contribution in [-0.4, -0.2) is 75.7 Å². The van der Waals surface area contributed by atoms with E-state index in [4.69, 9.17) is 0 Å². The second kappa shape index (κ2) is 7.58. The van der Waals surface area contributed by atoms with Gasteiger partial charge >= 0.3 is 0 Å². The first-order valence-corrected chi connectivity index (χ1v) is 9.85. The number of hydrogen-bond donors (Lipinski definition) is 2. The number of carbonyl (C=O) groups excluding carboxylic acids is 4. The normalized spacial score (nSPS) is 27.6. The highest BCUT2D eigenvalue weighted by molar-refractivity contribution is 5.99. The molecule has 2 heterocycles. The third kappa shape index (κ3) is 3.59. The van der Waals surface area contributed by atoms with Crippen LogP contribution in [0.3, 0.4) is 0 Å². The van der Waals surface area contributed by atoms with E-state index in [1.54, 1.807) is 4.90 Å². The maximum absolute atomic E-state index is 12.6. The van der Waals surface area contributed by atoms with Crippen LogP contribution in [0.2, 0.25) is 0 Å². The van der Waals surface area contributed by atoms with Crippen LogP contribution in [0.25, 0.3) is 0 Å². The van der Waals surface area contributed by atoms with Gasteiger partial charge in [-0.25, -0.2) is 0 Å². The van der Waals surface area contributed by atoms with Crippen LogP contribution in [0.5, 0.6) is 0 Å². The van der Waals surface area contributed by atoms with Crippen molar-refractivity contribution in [2.24, 2.45) is 5.92 Å². The van der Waals surface area contributed by atoms with E-state index in [0.29, 0.717) is 19.5 Å². The number of aliphatic hydroxyl groups is 1. The second-order valence-corrected chi connectivity index (χ2v) is 8.14. The maximum atomic E-state index is 12.6. The summed E-state index contributed by atoms with van der Waals surface area (Å²) in [6.07, 6.45) is 4.01. The smallest absolute Gasteiger partial charge is 0.250 e. The van der Waals surface area contributed by atoms with Gasteiger partial charge in [-0.15, -0.1) is 0 Å². The molecule has 0 radical (unpaired) electrons. The number of amides is 3. The zero-order valence-corrected chi connectivity index (χ0v) is 16.1. The molecule has 0 aromatic carbocycles. The Kier molecular flexibility index (Phi) is 5.55. The molecular formula is C19H29N3O5. The molecule has 2 aliphatic heterocycles. The van der Waals surface area contributed by atoms with Crippen LogP contribution in [0.15, 0.2) is 0 Å². The molecular weight excluding hydrogens is 350 g/mol. The van der Waals surface area contributed by atoms with E-state index >= 15 is 0 Å². The van der Waals surface area contributed by atoms with E-state index in [1.165, 1.54) is 18.7 Å². The quantitative estimate of drug-likeness (QED) is 0.624. The molecule has 3 atom stereocenters. The van der Waals surface area contributed by atoms with Gasteiger partial charge in [0.15, 0.2) is 5.78 Å². The zero-order chi connectivity index (χ0) is 19.8. The first-order valence-electron chi connectivity index (χ1n) is 9.85.